The highest BCUT2D eigenvalue weighted by molar-refractivity contribution is 6.46. The molecule has 5 nitrogen and oxygen atoms in total. The summed E-state index contributed by atoms with van der Waals surface area (Å²) < 4.78 is 0. The first-order valence-electron chi connectivity index (χ1n) is 8.97. The van der Waals surface area contributed by atoms with E-state index in [1.165, 1.54) is 12.1 Å². The summed E-state index contributed by atoms with van der Waals surface area (Å²) in [5.41, 5.74) is 0.961. The van der Waals surface area contributed by atoms with Crippen molar-refractivity contribution >= 4 is 58.5 Å². The maximum atomic E-state index is 13.2. The zero-order valence-electron chi connectivity index (χ0n) is 15.5. The quantitative estimate of drug-likeness (QED) is 0.397. The molecule has 30 heavy (non-hydrogen) atoms. The topological polar surface area (TPSA) is 57.7 Å². The van der Waals surface area contributed by atoms with Gasteiger partial charge in [0.15, 0.2) is 0 Å². The molecule has 4 amide bonds. The lowest BCUT2D eigenvalue weighted by Gasteiger charge is -2.34. The molecule has 3 aromatic carbocycles. The lowest BCUT2D eigenvalue weighted by Crippen LogP contribution is -2.57. The predicted molar refractivity (Wildman–Crippen MR) is 118 cm³/mol. The maximum absolute atomic E-state index is 13.2. The van der Waals surface area contributed by atoms with E-state index in [2.05, 4.69) is 0 Å². The van der Waals surface area contributed by atoms with Gasteiger partial charge in [-0.2, -0.15) is 0 Å². The molecule has 3 aromatic rings. The van der Waals surface area contributed by atoms with Crippen LogP contribution in [-0.4, -0.2) is 17.8 Å². The fourth-order valence-electron chi connectivity index (χ4n) is 3.11. The Morgan fingerprint density at radius 1 is 0.667 bits per heavy atom. The Bertz CT molecular complexity index is 1110. The van der Waals surface area contributed by atoms with Crippen LogP contribution in [0.15, 0.2) is 84.4 Å². The van der Waals surface area contributed by atoms with Crippen molar-refractivity contribution in [2.24, 2.45) is 0 Å². The smallest absolute Gasteiger partial charge is 0.268 e. The summed E-state index contributed by atoms with van der Waals surface area (Å²) in [6.45, 7) is 0. The second-order valence-corrected chi connectivity index (χ2v) is 7.30. The van der Waals surface area contributed by atoms with E-state index in [4.69, 9.17) is 23.2 Å². The summed E-state index contributed by atoms with van der Waals surface area (Å²) >= 11 is 12.2. The van der Waals surface area contributed by atoms with Gasteiger partial charge in [-0.3, -0.25) is 9.59 Å². The van der Waals surface area contributed by atoms with Crippen molar-refractivity contribution in [2.45, 2.75) is 0 Å². The first-order valence-corrected chi connectivity index (χ1v) is 9.72. The van der Waals surface area contributed by atoms with Crippen molar-refractivity contribution in [1.82, 2.24) is 0 Å². The van der Waals surface area contributed by atoms with Crippen LogP contribution in [0.4, 0.5) is 16.2 Å². The number of amides is 4. The molecule has 0 radical (unpaired) electrons. The van der Waals surface area contributed by atoms with Gasteiger partial charge < -0.3 is 0 Å². The molecular weight excluding hydrogens is 423 g/mol. The molecular formula is C23H14Cl2N2O3. The van der Waals surface area contributed by atoms with E-state index in [0.29, 0.717) is 22.0 Å². The molecule has 0 spiro atoms. The largest absolute Gasteiger partial charge is 0.343 e. The van der Waals surface area contributed by atoms with E-state index in [-0.39, 0.29) is 10.6 Å². The fourth-order valence-corrected chi connectivity index (χ4v) is 3.58. The Labute approximate surface area is 182 Å². The zero-order chi connectivity index (χ0) is 21.3. The van der Waals surface area contributed by atoms with E-state index in [1.807, 2.05) is 0 Å². The lowest BCUT2D eigenvalue weighted by atomic mass is 10.0. The van der Waals surface area contributed by atoms with Crippen molar-refractivity contribution < 1.29 is 14.4 Å². The van der Waals surface area contributed by atoms with Crippen molar-refractivity contribution in [3.63, 3.8) is 0 Å². The Kier molecular flexibility index (Phi) is 5.40. The minimum atomic E-state index is -0.748. The normalized spacial score (nSPS) is 14.3. The Morgan fingerprint density at radius 2 is 1.17 bits per heavy atom. The van der Waals surface area contributed by atoms with Gasteiger partial charge in [-0.05, 0) is 48.0 Å². The molecule has 1 saturated heterocycles. The number of halogens is 2. The molecule has 148 valence electrons. The van der Waals surface area contributed by atoms with Crippen LogP contribution >= 0.6 is 23.2 Å². The summed E-state index contributed by atoms with van der Waals surface area (Å²) in [4.78, 5) is 41.6. The maximum Gasteiger partial charge on any atom is 0.343 e. The summed E-state index contributed by atoms with van der Waals surface area (Å²) in [5, 5.41) is 0.709. The third-order valence-electron chi connectivity index (χ3n) is 4.54. The molecule has 1 heterocycles. The number of carbonyl (C=O) groups is 3. The van der Waals surface area contributed by atoms with Gasteiger partial charge in [0.05, 0.1) is 11.4 Å². The number of para-hydroxylation sites is 2. The zero-order valence-corrected chi connectivity index (χ0v) is 17.0. The Hall–Kier alpha value is -3.41. The molecule has 0 unspecified atom stereocenters. The molecule has 1 fully saturated rings. The molecule has 0 N–H and O–H groups in total. The van der Waals surface area contributed by atoms with Crippen LogP contribution in [0, 0.1) is 0 Å². The summed E-state index contributed by atoms with van der Waals surface area (Å²) in [5.74, 6) is -1.45. The average molecular weight is 437 g/mol. The summed E-state index contributed by atoms with van der Waals surface area (Å²) in [6.07, 6.45) is 1.38. The minimum Gasteiger partial charge on any atom is -0.268 e. The third kappa shape index (κ3) is 3.61. The number of barbiturate groups is 1. The first-order chi connectivity index (χ1) is 14.5. The van der Waals surface area contributed by atoms with Gasteiger partial charge in [0.1, 0.15) is 5.57 Å². The number of anilines is 2. The molecule has 1 aliphatic rings. The van der Waals surface area contributed by atoms with Gasteiger partial charge in [-0.15, -0.1) is 0 Å². The van der Waals surface area contributed by atoms with E-state index in [1.54, 1.807) is 72.8 Å². The van der Waals surface area contributed by atoms with Crippen LogP contribution in [0.1, 0.15) is 5.56 Å². The van der Waals surface area contributed by atoms with Gasteiger partial charge in [0, 0.05) is 10.0 Å². The number of rotatable bonds is 3. The Morgan fingerprint density at radius 3 is 1.63 bits per heavy atom. The number of hydrogen-bond acceptors (Lipinski definition) is 3. The molecule has 0 aliphatic carbocycles. The number of hydrogen-bond donors (Lipinski definition) is 0. The van der Waals surface area contributed by atoms with E-state index in [0.717, 1.165) is 9.80 Å². The summed E-state index contributed by atoms with van der Waals surface area (Å²) in [7, 11) is 0. The molecule has 7 heteroatoms. The molecule has 4 rings (SSSR count). The third-order valence-corrected chi connectivity index (χ3v) is 5.10. The minimum absolute atomic E-state index is 0.188. The molecule has 0 saturated carbocycles. The van der Waals surface area contributed by atoms with E-state index in [9.17, 15) is 14.4 Å². The number of carbonyl (C=O) groups excluding carboxylic acids is 3. The fraction of sp³-hybridized carbons (Fsp3) is 0. The Balaban J connectivity index is 1.88. The second kappa shape index (κ2) is 8.14. The monoisotopic (exact) mass is 436 g/mol. The molecule has 0 aromatic heterocycles. The van der Waals surface area contributed by atoms with E-state index < -0.39 is 17.8 Å². The molecule has 0 bridgehead atoms. The highest BCUT2D eigenvalue weighted by Gasteiger charge is 2.43. The van der Waals surface area contributed by atoms with Crippen LogP contribution in [0.25, 0.3) is 6.08 Å². The van der Waals surface area contributed by atoms with Gasteiger partial charge in [-0.25, -0.2) is 14.6 Å². The molecule has 0 atom stereocenters. The number of imide groups is 2. The van der Waals surface area contributed by atoms with Crippen molar-refractivity contribution in [3.8, 4) is 0 Å². The SMILES string of the molecule is O=C1C(=Cc2ccc(Cl)cc2Cl)C(=O)N(c2ccccc2)C(=O)N1c1ccccc1. The van der Waals surface area contributed by atoms with Crippen LogP contribution in [0.5, 0.6) is 0 Å². The number of urea groups is 1. The first kappa shape index (κ1) is 19.9. The number of nitrogens with zero attached hydrogens (tertiary/aromatic N) is 2. The number of benzene rings is 3. The molecule has 1 aliphatic heterocycles. The van der Waals surface area contributed by atoms with Crippen LogP contribution in [-0.2, 0) is 9.59 Å². The van der Waals surface area contributed by atoms with Gasteiger partial charge >= 0.3 is 6.03 Å². The van der Waals surface area contributed by atoms with Crippen molar-refractivity contribution in [2.75, 3.05) is 9.80 Å². The lowest BCUT2D eigenvalue weighted by molar-refractivity contribution is -0.121. The van der Waals surface area contributed by atoms with Crippen molar-refractivity contribution in [1.29, 1.82) is 0 Å². The van der Waals surface area contributed by atoms with E-state index >= 15 is 0 Å². The summed E-state index contributed by atoms with van der Waals surface area (Å²) in [6, 6.07) is 20.9. The second-order valence-electron chi connectivity index (χ2n) is 6.46. The van der Waals surface area contributed by atoms with Gasteiger partial charge in [-0.1, -0.05) is 65.7 Å². The van der Waals surface area contributed by atoms with Crippen LogP contribution in [0.3, 0.4) is 0 Å². The predicted octanol–water partition coefficient (Wildman–Crippen LogP) is 5.58. The van der Waals surface area contributed by atoms with Crippen LogP contribution < -0.4 is 9.80 Å². The van der Waals surface area contributed by atoms with Gasteiger partial charge in [0.2, 0.25) is 0 Å². The van der Waals surface area contributed by atoms with Crippen LogP contribution in [0.2, 0.25) is 10.0 Å². The van der Waals surface area contributed by atoms with Gasteiger partial charge in [0.25, 0.3) is 11.8 Å². The standard InChI is InChI=1S/C23H14Cl2N2O3/c24-16-12-11-15(20(25)14-16)13-19-21(28)26(17-7-3-1-4-8-17)23(30)27(22(19)29)18-9-5-2-6-10-18/h1-14H. The van der Waals surface area contributed by atoms with Crippen molar-refractivity contribution in [3.05, 3.63) is 100 Å². The highest BCUT2D eigenvalue weighted by atomic mass is 35.5. The highest BCUT2D eigenvalue weighted by Crippen LogP contribution is 2.31. The average Bonchev–Trinajstić information content (AvgIpc) is 2.74.